The van der Waals surface area contributed by atoms with Crippen molar-refractivity contribution in [2.24, 2.45) is 7.05 Å². The van der Waals surface area contributed by atoms with E-state index in [-0.39, 0.29) is 0 Å². The lowest BCUT2D eigenvalue weighted by molar-refractivity contribution is 0.612. The number of rotatable bonds is 6. The van der Waals surface area contributed by atoms with Crippen molar-refractivity contribution in [2.45, 2.75) is 38.4 Å². The molecule has 1 aliphatic rings. The fourth-order valence-corrected chi connectivity index (χ4v) is 2.01. The van der Waals surface area contributed by atoms with Crippen molar-refractivity contribution in [2.75, 3.05) is 0 Å². The molecule has 2 aromatic rings. The maximum Gasteiger partial charge on any atom is 0.0534 e. The highest BCUT2D eigenvalue weighted by molar-refractivity contribution is 5.06. The molecule has 0 aliphatic heterocycles. The summed E-state index contributed by atoms with van der Waals surface area (Å²) in [5.74, 6) is 0. The third-order valence-corrected chi connectivity index (χ3v) is 3.25. The van der Waals surface area contributed by atoms with Crippen LogP contribution >= 0.6 is 0 Å². The van der Waals surface area contributed by atoms with Crippen LogP contribution in [0, 0.1) is 0 Å². The predicted molar refractivity (Wildman–Crippen MR) is 69.0 cm³/mol. The molecule has 18 heavy (non-hydrogen) atoms. The Labute approximate surface area is 107 Å². The number of hydrogen-bond donors (Lipinski definition) is 1. The molecule has 0 unspecified atom stereocenters. The first-order chi connectivity index (χ1) is 8.79. The smallest absolute Gasteiger partial charge is 0.0534 e. The third kappa shape index (κ3) is 2.98. The van der Waals surface area contributed by atoms with E-state index in [4.69, 9.17) is 0 Å². The highest BCUT2D eigenvalue weighted by Crippen LogP contribution is 2.19. The van der Waals surface area contributed by atoms with E-state index in [1.165, 1.54) is 24.0 Å². The lowest BCUT2D eigenvalue weighted by Gasteiger charge is -2.00. The van der Waals surface area contributed by atoms with Gasteiger partial charge in [-0.2, -0.15) is 10.2 Å². The fourth-order valence-electron chi connectivity index (χ4n) is 2.01. The molecule has 5 heteroatoms. The van der Waals surface area contributed by atoms with Gasteiger partial charge in [-0.05, 0) is 24.8 Å². The van der Waals surface area contributed by atoms with Crippen molar-refractivity contribution < 1.29 is 0 Å². The minimum absolute atomic E-state index is 0.753. The van der Waals surface area contributed by atoms with Gasteiger partial charge >= 0.3 is 0 Å². The minimum Gasteiger partial charge on any atom is -0.310 e. The number of aryl methyl sites for hydroxylation is 3. The van der Waals surface area contributed by atoms with Gasteiger partial charge in [-0.1, -0.05) is 0 Å². The van der Waals surface area contributed by atoms with E-state index in [1.807, 2.05) is 28.8 Å². The molecule has 1 aliphatic carbocycles. The summed E-state index contributed by atoms with van der Waals surface area (Å²) < 4.78 is 3.85. The van der Waals surface area contributed by atoms with E-state index in [0.717, 1.165) is 25.6 Å². The van der Waals surface area contributed by atoms with Crippen LogP contribution in [0.2, 0.25) is 0 Å². The molecule has 0 atom stereocenters. The van der Waals surface area contributed by atoms with Crippen molar-refractivity contribution in [3.8, 4) is 0 Å². The third-order valence-electron chi connectivity index (χ3n) is 3.25. The molecule has 2 aromatic heterocycles. The van der Waals surface area contributed by atoms with Gasteiger partial charge in [-0.25, -0.2) is 0 Å². The van der Waals surface area contributed by atoms with Crippen LogP contribution in [0.4, 0.5) is 0 Å². The summed E-state index contributed by atoms with van der Waals surface area (Å²) in [7, 11) is 1.94. The Morgan fingerprint density at radius 1 is 1.22 bits per heavy atom. The van der Waals surface area contributed by atoms with Crippen LogP contribution in [-0.2, 0) is 26.6 Å². The summed E-state index contributed by atoms with van der Waals surface area (Å²) >= 11 is 0. The van der Waals surface area contributed by atoms with Gasteiger partial charge in [0.2, 0.25) is 0 Å². The van der Waals surface area contributed by atoms with Gasteiger partial charge in [-0.3, -0.25) is 9.36 Å². The Bertz CT molecular complexity index is 509. The largest absolute Gasteiger partial charge is 0.310 e. The number of nitrogens with zero attached hydrogens (tertiary/aromatic N) is 4. The first-order valence-corrected chi connectivity index (χ1v) is 6.52. The van der Waals surface area contributed by atoms with Crippen molar-refractivity contribution in [3.05, 3.63) is 35.9 Å². The summed E-state index contributed by atoms with van der Waals surface area (Å²) in [4.78, 5) is 0. The molecule has 0 aromatic carbocycles. The Kier molecular flexibility index (Phi) is 3.15. The quantitative estimate of drug-likeness (QED) is 0.829. The van der Waals surface area contributed by atoms with Gasteiger partial charge in [0, 0.05) is 44.1 Å². The van der Waals surface area contributed by atoms with Crippen molar-refractivity contribution in [1.29, 1.82) is 0 Å². The lowest BCUT2D eigenvalue weighted by Crippen LogP contribution is -2.14. The predicted octanol–water partition coefficient (Wildman–Crippen LogP) is 1.11. The standard InChI is InChI=1S/C13H19N5/c1-17-9-11(7-15-17)4-5-18-10-12(8-16-18)6-14-13-2-3-13/h7-10,13-14H,2-6H2,1H3. The van der Waals surface area contributed by atoms with Gasteiger partial charge < -0.3 is 5.32 Å². The van der Waals surface area contributed by atoms with Crippen LogP contribution < -0.4 is 5.32 Å². The molecule has 0 bridgehead atoms. The van der Waals surface area contributed by atoms with Gasteiger partial charge in [0.15, 0.2) is 0 Å². The Balaban J connectivity index is 1.49. The second-order valence-electron chi connectivity index (χ2n) is 5.04. The molecule has 0 saturated heterocycles. The molecule has 1 N–H and O–H groups in total. The molecule has 0 spiro atoms. The van der Waals surface area contributed by atoms with Gasteiger partial charge in [0.05, 0.1) is 12.4 Å². The Morgan fingerprint density at radius 3 is 2.78 bits per heavy atom. The second kappa shape index (κ2) is 4.94. The van der Waals surface area contributed by atoms with E-state index in [2.05, 4.69) is 27.9 Å². The van der Waals surface area contributed by atoms with E-state index in [9.17, 15) is 0 Å². The topological polar surface area (TPSA) is 47.7 Å². The maximum atomic E-state index is 4.39. The van der Waals surface area contributed by atoms with Crippen LogP contribution in [-0.4, -0.2) is 25.6 Å². The summed E-state index contributed by atoms with van der Waals surface area (Å²) in [6.45, 7) is 1.85. The van der Waals surface area contributed by atoms with E-state index in [0.29, 0.717) is 0 Å². The zero-order valence-corrected chi connectivity index (χ0v) is 10.7. The normalized spacial score (nSPS) is 15.2. The molecule has 1 fully saturated rings. The van der Waals surface area contributed by atoms with Gasteiger partial charge in [0.25, 0.3) is 0 Å². The fraction of sp³-hybridized carbons (Fsp3) is 0.538. The molecule has 0 amide bonds. The van der Waals surface area contributed by atoms with Gasteiger partial charge in [0.1, 0.15) is 0 Å². The lowest BCUT2D eigenvalue weighted by atomic mass is 10.2. The maximum absolute atomic E-state index is 4.39. The van der Waals surface area contributed by atoms with Crippen LogP contribution in [0.3, 0.4) is 0 Å². The first kappa shape index (κ1) is 11.5. The zero-order valence-electron chi connectivity index (χ0n) is 10.7. The van der Waals surface area contributed by atoms with Crippen molar-refractivity contribution >= 4 is 0 Å². The highest BCUT2D eigenvalue weighted by Gasteiger charge is 2.20. The number of hydrogen-bond acceptors (Lipinski definition) is 3. The molecule has 1 saturated carbocycles. The second-order valence-corrected chi connectivity index (χ2v) is 5.04. The number of nitrogens with one attached hydrogen (secondary N) is 1. The monoisotopic (exact) mass is 245 g/mol. The van der Waals surface area contributed by atoms with Crippen LogP contribution in [0.15, 0.2) is 24.8 Å². The van der Waals surface area contributed by atoms with E-state index < -0.39 is 0 Å². The summed E-state index contributed by atoms with van der Waals surface area (Å²) in [6.07, 6.45) is 11.7. The Morgan fingerprint density at radius 2 is 2.06 bits per heavy atom. The molecule has 3 rings (SSSR count). The molecule has 5 nitrogen and oxygen atoms in total. The number of aromatic nitrogens is 4. The van der Waals surface area contributed by atoms with Crippen LogP contribution in [0.25, 0.3) is 0 Å². The van der Waals surface area contributed by atoms with Crippen molar-refractivity contribution in [1.82, 2.24) is 24.9 Å². The average Bonchev–Trinajstić information content (AvgIpc) is 2.93. The molecular weight excluding hydrogens is 226 g/mol. The summed E-state index contributed by atoms with van der Waals surface area (Å²) in [5, 5.41) is 12.0. The molecule has 96 valence electrons. The van der Waals surface area contributed by atoms with Crippen molar-refractivity contribution in [3.63, 3.8) is 0 Å². The average molecular weight is 245 g/mol. The zero-order chi connectivity index (χ0) is 12.4. The molecule has 0 radical (unpaired) electrons. The van der Waals surface area contributed by atoms with E-state index in [1.54, 1.807) is 0 Å². The highest BCUT2D eigenvalue weighted by atomic mass is 15.3. The Hall–Kier alpha value is -1.62. The summed E-state index contributed by atoms with van der Waals surface area (Å²) in [6, 6.07) is 0.753. The molecule has 2 heterocycles. The SMILES string of the molecule is Cn1cc(CCn2cc(CNC3CC3)cn2)cn1. The summed E-state index contributed by atoms with van der Waals surface area (Å²) in [5.41, 5.74) is 2.53. The first-order valence-electron chi connectivity index (χ1n) is 6.52. The minimum atomic E-state index is 0.753. The van der Waals surface area contributed by atoms with Crippen LogP contribution in [0.5, 0.6) is 0 Å². The van der Waals surface area contributed by atoms with Crippen LogP contribution in [0.1, 0.15) is 24.0 Å². The van der Waals surface area contributed by atoms with E-state index >= 15 is 0 Å². The van der Waals surface area contributed by atoms with Gasteiger partial charge in [-0.15, -0.1) is 0 Å². The molecular formula is C13H19N5.